The molecule has 0 aliphatic carbocycles. The second kappa shape index (κ2) is 13.5. The number of hydrogen-bond donors (Lipinski definition) is 2. The van der Waals surface area contributed by atoms with Gasteiger partial charge in [0, 0.05) is 6.04 Å². The lowest BCUT2D eigenvalue weighted by molar-refractivity contribution is -0.141. The molecule has 1 rings (SSSR count). The first-order valence-corrected chi connectivity index (χ1v) is 11.7. The standard InChI is InChI=1S/C20H33FN2O5S/c1-4-12-28-19-14-17(9-10-18(19)21)16(3)23-29(25,26)13-8-6-7-11-22-15-20(24)27-5-2/h9-10,14,16,22-23H,4-8,11-13,15H2,1-3H3/t16-/m0/s1. The average molecular weight is 433 g/mol. The number of hydrogen-bond acceptors (Lipinski definition) is 6. The third kappa shape index (κ3) is 10.6. The Bertz CT molecular complexity index is 728. The summed E-state index contributed by atoms with van der Waals surface area (Å²) in [5, 5.41) is 2.96. The first-order chi connectivity index (χ1) is 13.8. The molecule has 1 aromatic rings. The highest BCUT2D eigenvalue weighted by molar-refractivity contribution is 7.89. The molecule has 29 heavy (non-hydrogen) atoms. The second-order valence-electron chi connectivity index (χ2n) is 6.74. The SMILES string of the molecule is CCCOc1cc([C@H](C)NS(=O)(=O)CCCCCNCC(=O)OCC)ccc1F. The van der Waals surface area contributed by atoms with E-state index in [-0.39, 0.29) is 24.0 Å². The molecule has 1 atom stereocenters. The summed E-state index contributed by atoms with van der Waals surface area (Å²) in [5.74, 6) is -0.618. The Balaban J connectivity index is 2.37. The molecular formula is C20H33FN2O5S. The van der Waals surface area contributed by atoms with Gasteiger partial charge in [-0.1, -0.05) is 19.4 Å². The molecule has 0 aromatic heterocycles. The summed E-state index contributed by atoms with van der Waals surface area (Å²) in [6.45, 7) is 6.93. The van der Waals surface area contributed by atoms with Gasteiger partial charge in [0.05, 0.1) is 25.5 Å². The molecule has 0 amide bonds. The summed E-state index contributed by atoms with van der Waals surface area (Å²) in [4.78, 5) is 11.2. The van der Waals surface area contributed by atoms with Gasteiger partial charge in [-0.2, -0.15) is 0 Å². The third-order valence-corrected chi connectivity index (χ3v) is 5.65. The van der Waals surface area contributed by atoms with E-state index in [0.29, 0.717) is 31.7 Å². The molecule has 9 heteroatoms. The maximum atomic E-state index is 13.8. The Kier molecular flexibility index (Phi) is 11.8. The molecular weight excluding hydrogens is 399 g/mol. The van der Waals surface area contributed by atoms with Gasteiger partial charge in [0.2, 0.25) is 10.0 Å². The Morgan fingerprint density at radius 1 is 1.21 bits per heavy atom. The quantitative estimate of drug-likeness (QED) is 0.327. The number of nitrogens with one attached hydrogen (secondary N) is 2. The summed E-state index contributed by atoms with van der Waals surface area (Å²) < 4.78 is 51.2. The molecule has 0 aliphatic heterocycles. The molecule has 2 N–H and O–H groups in total. The average Bonchev–Trinajstić information content (AvgIpc) is 2.66. The van der Waals surface area contributed by atoms with Crippen LogP contribution in [0, 0.1) is 5.82 Å². The minimum Gasteiger partial charge on any atom is -0.491 e. The van der Waals surface area contributed by atoms with Crippen LogP contribution in [0.15, 0.2) is 18.2 Å². The minimum atomic E-state index is -3.46. The lowest BCUT2D eigenvalue weighted by Crippen LogP contribution is -2.29. The van der Waals surface area contributed by atoms with Gasteiger partial charge >= 0.3 is 5.97 Å². The van der Waals surface area contributed by atoms with Crippen LogP contribution in [0.3, 0.4) is 0 Å². The van der Waals surface area contributed by atoms with Gasteiger partial charge < -0.3 is 14.8 Å². The van der Waals surface area contributed by atoms with Crippen LogP contribution in [0.2, 0.25) is 0 Å². The van der Waals surface area contributed by atoms with Crippen LogP contribution in [0.5, 0.6) is 5.75 Å². The maximum Gasteiger partial charge on any atom is 0.319 e. The van der Waals surface area contributed by atoms with Crippen LogP contribution in [0.4, 0.5) is 4.39 Å². The van der Waals surface area contributed by atoms with Crippen molar-refractivity contribution in [2.75, 3.05) is 32.1 Å². The summed E-state index contributed by atoms with van der Waals surface area (Å²) in [7, 11) is -3.46. The Morgan fingerprint density at radius 2 is 1.97 bits per heavy atom. The van der Waals surface area contributed by atoms with Gasteiger partial charge in [0.25, 0.3) is 0 Å². The fourth-order valence-electron chi connectivity index (χ4n) is 2.63. The molecule has 166 valence electrons. The predicted octanol–water partition coefficient (Wildman–Crippen LogP) is 2.92. The number of carbonyl (C=O) groups is 1. The van der Waals surface area contributed by atoms with Crippen molar-refractivity contribution in [3.8, 4) is 5.75 Å². The molecule has 0 unspecified atom stereocenters. The minimum absolute atomic E-state index is 0.00953. The number of sulfonamides is 1. The number of esters is 1. The molecule has 0 heterocycles. The van der Waals surface area contributed by atoms with E-state index in [4.69, 9.17) is 9.47 Å². The summed E-state index contributed by atoms with van der Waals surface area (Å²) in [5.41, 5.74) is 0.643. The van der Waals surface area contributed by atoms with Crippen LogP contribution in [0.1, 0.15) is 58.1 Å². The van der Waals surface area contributed by atoms with Crippen molar-refractivity contribution in [1.82, 2.24) is 10.0 Å². The molecule has 0 spiro atoms. The Hall–Kier alpha value is -1.71. The summed E-state index contributed by atoms with van der Waals surface area (Å²) >= 11 is 0. The van der Waals surface area contributed by atoms with Crippen LogP contribution < -0.4 is 14.8 Å². The van der Waals surface area contributed by atoms with E-state index in [9.17, 15) is 17.6 Å². The van der Waals surface area contributed by atoms with Crippen LogP contribution >= 0.6 is 0 Å². The third-order valence-electron chi connectivity index (χ3n) is 4.11. The number of ether oxygens (including phenoxy) is 2. The highest BCUT2D eigenvalue weighted by Crippen LogP contribution is 2.23. The Labute approximate surface area is 173 Å². The lowest BCUT2D eigenvalue weighted by atomic mass is 10.1. The van der Waals surface area contributed by atoms with Crippen molar-refractivity contribution in [2.24, 2.45) is 0 Å². The molecule has 1 aromatic carbocycles. The van der Waals surface area contributed by atoms with E-state index in [0.717, 1.165) is 19.3 Å². The van der Waals surface area contributed by atoms with Gasteiger partial charge in [-0.3, -0.25) is 4.79 Å². The van der Waals surface area contributed by atoms with Gasteiger partial charge in [-0.05, 0) is 57.4 Å². The zero-order valence-electron chi connectivity index (χ0n) is 17.5. The van der Waals surface area contributed by atoms with Gasteiger partial charge in [-0.15, -0.1) is 0 Å². The smallest absolute Gasteiger partial charge is 0.319 e. The van der Waals surface area contributed by atoms with Crippen LogP contribution in [-0.4, -0.2) is 46.4 Å². The lowest BCUT2D eigenvalue weighted by Gasteiger charge is -2.16. The zero-order chi connectivity index (χ0) is 21.7. The maximum absolute atomic E-state index is 13.8. The molecule has 7 nitrogen and oxygen atoms in total. The number of carbonyl (C=O) groups excluding carboxylic acids is 1. The Morgan fingerprint density at radius 3 is 2.66 bits per heavy atom. The normalized spacial score (nSPS) is 12.6. The molecule has 0 fully saturated rings. The number of rotatable bonds is 15. The van der Waals surface area contributed by atoms with Crippen molar-refractivity contribution in [2.45, 2.75) is 52.5 Å². The van der Waals surface area contributed by atoms with E-state index >= 15 is 0 Å². The van der Waals surface area contributed by atoms with Crippen molar-refractivity contribution in [3.05, 3.63) is 29.6 Å². The van der Waals surface area contributed by atoms with E-state index in [1.54, 1.807) is 19.9 Å². The van der Waals surface area contributed by atoms with Crippen LogP contribution in [0.25, 0.3) is 0 Å². The fraction of sp³-hybridized carbons (Fsp3) is 0.650. The molecule has 0 bridgehead atoms. The van der Waals surface area contributed by atoms with Crippen molar-refractivity contribution < 1.29 is 27.1 Å². The molecule has 0 saturated carbocycles. The highest BCUT2D eigenvalue weighted by atomic mass is 32.2. The predicted molar refractivity (Wildman–Crippen MR) is 111 cm³/mol. The van der Waals surface area contributed by atoms with Crippen molar-refractivity contribution in [1.29, 1.82) is 0 Å². The van der Waals surface area contributed by atoms with E-state index in [1.807, 2.05) is 6.92 Å². The number of benzene rings is 1. The monoisotopic (exact) mass is 432 g/mol. The highest BCUT2D eigenvalue weighted by Gasteiger charge is 2.17. The van der Waals surface area contributed by atoms with Gasteiger partial charge in [0.1, 0.15) is 0 Å². The largest absolute Gasteiger partial charge is 0.491 e. The van der Waals surface area contributed by atoms with E-state index in [1.165, 1.54) is 12.1 Å². The van der Waals surface area contributed by atoms with Crippen molar-refractivity contribution >= 4 is 16.0 Å². The molecule has 0 radical (unpaired) electrons. The van der Waals surface area contributed by atoms with Crippen molar-refractivity contribution in [3.63, 3.8) is 0 Å². The summed E-state index contributed by atoms with van der Waals surface area (Å²) in [6, 6.07) is 3.88. The van der Waals surface area contributed by atoms with Gasteiger partial charge in [0.15, 0.2) is 11.6 Å². The molecule has 0 saturated heterocycles. The number of unbranched alkanes of at least 4 members (excludes halogenated alkanes) is 2. The van der Waals surface area contributed by atoms with E-state index < -0.39 is 21.9 Å². The topological polar surface area (TPSA) is 93.7 Å². The molecule has 0 aliphatic rings. The van der Waals surface area contributed by atoms with Gasteiger partial charge in [-0.25, -0.2) is 17.5 Å². The van der Waals surface area contributed by atoms with E-state index in [2.05, 4.69) is 10.0 Å². The first kappa shape index (κ1) is 25.3. The second-order valence-corrected chi connectivity index (χ2v) is 8.61. The summed E-state index contributed by atoms with van der Waals surface area (Å²) in [6.07, 6.45) is 2.75. The first-order valence-electron chi connectivity index (χ1n) is 10.1. The van der Waals surface area contributed by atoms with Crippen LogP contribution in [-0.2, 0) is 19.6 Å². The zero-order valence-corrected chi connectivity index (χ0v) is 18.3. The fourth-order valence-corrected chi connectivity index (χ4v) is 4.01. The number of halogens is 1.